The molecular weight excluding hydrogens is 356 g/mol. The third kappa shape index (κ3) is 3.67. The molecule has 2 aromatic carbocycles. The number of fused-ring (bicyclic) bond motifs is 1. The maximum atomic E-state index is 12.8. The van der Waals surface area contributed by atoms with Crippen molar-refractivity contribution in [3.05, 3.63) is 63.9 Å². The molecule has 0 unspecified atom stereocenters. The van der Waals surface area contributed by atoms with Crippen molar-refractivity contribution in [2.24, 2.45) is 0 Å². The zero-order valence-corrected chi connectivity index (χ0v) is 15.1. The van der Waals surface area contributed by atoms with E-state index >= 15 is 0 Å². The molecule has 1 aliphatic rings. The van der Waals surface area contributed by atoms with Gasteiger partial charge in [-0.2, -0.15) is 0 Å². The van der Waals surface area contributed by atoms with Crippen LogP contribution in [0.5, 0.6) is 5.75 Å². The number of nitrogens with zero attached hydrogens (tertiary/aromatic N) is 2. The van der Waals surface area contributed by atoms with Gasteiger partial charge in [0.25, 0.3) is 5.56 Å². The predicted molar refractivity (Wildman–Crippen MR) is 102 cm³/mol. The van der Waals surface area contributed by atoms with E-state index in [0.29, 0.717) is 28.8 Å². The van der Waals surface area contributed by atoms with E-state index < -0.39 is 0 Å². The molecule has 0 N–H and O–H groups in total. The molecule has 128 valence electrons. The van der Waals surface area contributed by atoms with Crippen molar-refractivity contribution in [3.63, 3.8) is 0 Å². The minimum atomic E-state index is 0.0614. The summed E-state index contributed by atoms with van der Waals surface area (Å²) in [6.07, 6.45) is 2.10. The summed E-state index contributed by atoms with van der Waals surface area (Å²) >= 11 is 7.52. The second-order valence-corrected chi connectivity index (χ2v) is 7.47. The van der Waals surface area contributed by atoms with Gasteiger partial charge < -0.3 is 4.74 Å². The Kier molecular flexibility index (Phi) is 4.68. The van der Waals surface area contributed by atoms with Crippen LogP contribution < -0.4 is 10.3 Å². The maximum Gasteiger partial charge on any atom is 0.262 e. The number of aromatic nitrogens is 2. The summed E-state index contributed by atoms with van der Waals surface area (Å²) in [6.45, 7) is 0.526. The molecule has 1 fully saturated rings. The van der Waals surface area contributed by atoms with Crippen LogP contribution in [-0.4, -0.2) is 21.9 Å². The van der Waals surface area contributed by atoms with Gasteiger partial charge >= 0.3 is 0 Å². The standard InChI is InChI=1S/C19H17ClN2O2S/c20-13-4-3-5-15(12-13)24-10-11-25-19-21-17-7-2-1-6-16(17)18(23)22(19)14-8-9-14/h1-7,12,14H,8-11H2. The van der Waals surface area contributed by atoms with Gasteiger partial charge in [0.2, 0.25) is 0 Å². The minimum Gasteiger partial charge on any atom is -0.493 e. The second-order valence-electron chi connectivity index (χ2n) is 5.97. The molecule has 1 aliphatic carbocycles. The first-order chi connectivity index (χ1) is 12.2. The highest BCUT2D eigenvalue weighted by Crippen LogP contribution is 2.36. The van der Waals surface area contributed by atoms with E-state index in [2.05, 4.69) is 0 Å². The molecule has 4 nitrogen and oxygen atoms in total. The van der Waals surface area contributed by atoms with Crippen LogP contribution in [0.2, 0.25) is 5.02 Å². The normalized spacial score (nSPS) is 14.0. The average Bonchev–Trinajstić information content (AvgIpc) is 3.44. The molecule has 0 bridgehead atoms. The molecule has 1 saturated carbocycles. The maximum absolute atomic E-state index is 12.8. The van der Waals surface area contributed by atoms with Crippen molar-refractivity contribution in [2.45, 2.75) is 24.0 Å². The first kappa shape index (κ1) is 16.5. The molecule has 0 atom stereocenters. The van der Waals surface area contributed by atoms with E-state index in [-0.39, 0.29) is 5.56 Å². The van der Waals surface area contributed by atoms with Crippen LogP contribution in [0, 0.1) is 0 Å². The Morgan fingerprint density at radius 3 is 2.84 bits per heavy atom. The van der Waals surface area contributed by atoms with Crippen LogP contribution in [0.4, 0.5) is 0 Å². The number of hydrogen-bond donors (Lipinski definition) is 0. The lowest BCUT2D eigenvalue weighted by atomic mass is 10.2. The van der Waals surface area contributed by atoms with Gasteiger partial charge in [0.1, 0.15) is 5.75 Å². The van der Waals surface area contributed by atoms with Gasteiger partial charge in [-0.1, -0.05) is 41.6 Å². The molecule has 25 heavy (non-hydrogen) atoms. The van der Waals surface area contributed by atoms with E-state index in [9.17, 15) is 4.79 Å². The Hall–Kier alpha value is -1.98. The van der Waals surface area contributed by atoms with E-state index in [1.807, 2.05) is 47.0 Å². The fraction of sp³-hybridized carbons (Fsp3) is 0.263. The van der Waals surface area contributed by atoms with Crippen molar-refractivity contribution >= 4 is 34.3 Å². The summed E-state index contributed by atoms with van der Waals surface area (Å²) in [5, 5.41) is 2.12. The molecule has 0 radical (unpaired) electrons. The summed E-state index contributed by atoms with van der Waals surface area (Å²) in [6, 6.07) is 15.2. The number of rotatable bonds is 6. The lowest BCUT2D eigenvalue weighted by molar-refractivity contribution is 0.344. The van der Waals surface area contributed by atoms with Crippen LogP contribution in [0.25, 0.3) is 10.9 Å². The summed E-state index contributed by atoms with van der Waals surface area (Å²) < 4.78 is 7.58. The minimum absolute atomic E-state index is 0.0614. The lowest BCUT2D eigenvalue weighted by Crippen LogP contribution is -2.22. The smallest absolute Gasteiger partial charge is 0.262 e. The Labute approximate surface area is 154 Å². The molecule has 0 amide bonds. The molecule has 1 aromatic heterocycles. The number of hydrogen-bond acceptors (Lipinski definition) is 4. The van der Waals surface area contributed by atoms with Crippen LogP contribution >= 0.6 is 23.4 Å². The first-order valence-corrected chi connectivity index (χ1v) is 9.61. The summed E-state index contributed by atoms with van der Waals surface area (Å²) in [5.74, 6) is 1.46. The highest BCUT2D eigenvalue weighted by atomic mass is 35.5. The first-order valence-electron chi connectivity index (χ1n) is 8.25. The van der Waals surface area contributed by atoms with Crippen molar-refractivity contribution in [1.82, 2.24) is 9.55 Å². The Balaban J connectivity index is 1.51. The molecule has 1 heterocycles. The van der Waals surface area contributed by atoms with Crippen LogP contribution in [0.3, 0.4) is 0 Å². The zero-order chi connectivity index (χ0) is 17.2. The highest BCUT2D eigenvalue weighted by Gasteiger charge is 2.28. The van der Waals surface area contributed by atoms with Gasteiger partial charge in [0, 0.05) is 16.8 Å². The van der Waals surface area contributed by atoms with Gasteiger partial charge in [0.05, 0.1) is 17.5 Å². The van der Waals surface area contributed by atoms with Gasteiger partial charge in [-0.15, -0.1) is 0 Å². The topological polar surface area (TPSA) is 44.1 Å². The van der Waals surface area contributed by atoms with Crippen LogP contribution in [0.15, 0.2) is 58.5 Å². The molecule has 3 aromatic rings. The Morgan fingerprint density at radius 1 is 1.20 bits per heavy atom. The monoisotopic (exact) mass is 372 g/mol. The molecule has 0 saturated heterocycles. The molecule has 6 heteroatoms. The zero-order valence-electron chi connectivity index (χ0n) is 13.5. The van der Waals surface area contributed by atoms with Gasteiger partial charge in [0.15, 0.2) is 5.16 Å². The SMILES string of the molecule is O=c1c2ccccc2nc(SCCOc2cccc(Cl)c2)n1C1CC1. The van der Waals surface area contributed by atoms with Crippen molar-refractivity contribution in [2.75, 3.05) is 12.4 Å². The second kappa shape index (κ2) is 7.10. The highest BCUT2D eigenvalue weighted by molar-refractivity contribution is 7.99. The largest absolute Gasteiger partial charge is 0.493 e. The average molecular weight is 373 g/mol. The van der Waals surface area contributed by atoms with Crippen molar-refractivity contribution < 1.29 is 4.74 Å². The van der Waals surface area contributed by atoms with Crippen molar-refractivity contribution in [3.8, 4) is 5.75 Å². The fourth-order valence-electron chi connectivity index (χ4n) is 2.73. The number of ether oxygens (including phenoxy) is 1. The van der Waals surface area contributed by atoms with Crippen LogP contribution in [0.1, 0.15) is 18.9 Å². The van der Waals surface area contributed by atoms with Crippen LogP contribution in [-0.2, 0) is 0 Å². The third-order valence-electron chi connectivity index (χ3n) is 4.07. The summed E-state index contributed by atoms with van der Waals surface area (Å²) in [7, 11) is 0. The van der Waals surface area contributed by atoms with E-state index in [4.69, 9.17) is 21.3 Å². The molecular formula is C19H17ClN2O2S. The summed E-state index contributed by atoms with van der Waals surface area (Å²) in [5.41, 5.74) is 0.814. The molecule has 0 aliphatic heterocycles. The third-order valence-corrected chi connectivity index (χ3v) is 5.22. The molecule has 0 spiro atoms. The number of benzene rings is 2. The quantitative estimate of drug-likeness (QED) is 0.361. The molecule has 4 rings (SSSR count). The van der Waals surface area contributed by atoms with E-state index in [1.54, 1.807) is 17.8 Å². The predicted octanol–water partition coefficient (Wildman–Crippen LogP) is 4.56. The number of halogens is 1. The Bertz CT molecular complexity index is 969. The van der Waals surface area contributed by atoms with Gasteiger partial charge in [-0.25, -0.2) is 4.98 Å². The van der Waals surface area contributed by atoms with Gasteiger partial charge in [-0.05, 0) is 43.2 Å². The van der Waals surface area contributed by atoms with Gasteiger partial charge in [-0.3, -0.25) is 9.36 Å². The van der Waals surface area contributed by atoms with E-state index in [0.717, 1.165) is 29.3 Å². The number of thioether (sulfide) groups is 1. The fourth-order valence-corrected chi connectivity index (χ4v) is 3.79. The lowest BCUT2D eigenvalue weighted by Gasteiger charge is -2.12. The van der Waals surface area contributed by atoms with Crippen molar-refractivity contribution in [1.29, 1.82) is 0 Å². The summed E-state index contributed by atoms with van der Waals surface area (Å²) in [4.78, 5) is 17.5. The number of para-hydroxylation sites is 1. The Morgan fingerprint density at radius 2 is 2.04 bits per heavy atom. The van der Waals surface area contributed by atoms with E-state index in [1.165, 1.54) is 0 Å².